The van der Waals surface area contributed by atoms with Crippen LogP contribution in [0.2, 0.25) is 0 Å². The Bertz CT molecular complexity index is 408. The molecular weight excluding hydrogens is 202 g/mol. The molecule has 1 aromatic rings. The van der Waals surface area contributed by atoms with Crippen LogP contribution in [-0.2, 0) is 22.1 Å². The first-order valence-corrected chi connectivity index (χ1v) is 6.32. The third-order valence-corrected chi connectivity index (χ3v) is 3.59. The Labute approximate surface area is 83.9 Å². The fourth-order valence-corrected chi connectivity index (χ4v) is 1.99. The van der Waals surface area contributed by atoms with Gasteiger partial charge in [0.15, 0.2) is 9.84 Å². The number of nitrogens with two attached hydrogens (primary N) is 1. The molecular formula is C8H15N3O2S. The Morgan fingerprint density at radius 3 is 2.64 bits per heavy atom. The van der Waals surface area contributed by atoms with Gasteiger partial charge in [0.1, 0.15) is 17.4 Å². The van der Waals surface area contributed by atoms with Gasteiger partial charge in [-0.05, 0) is 6.92 Å². The van der Waals surface area contributed by atoms with Gasteiger partial charge < -0.3 is 10.3 Å². The molecule has 0 aliphatic heterocycles. The van der Waals surface area contributed by atoms with Crippen molar-refractivity contribution in [2.45, 2.75) is 26.1 Å². The van der Waals surface area contributed by atoms with Crippen LogP contribution in [0.25, 0.3) is 0 Å². The maximum atomic E-state index is 11.4. The molecule has 5 nitrogen and oxygen atoms in total. The molecule has 14 heavy (non-hydrogen) atoms. The third kappa shape index (κ3) is 2.47. The molecule has 2 N–H and O–H groups in total. The zero-order chi connectivity index (χ0) is 10.8. The largest absolute Gasteiger partial charge is 0.382 e. The van der Waals surface area contributed by atoms with E-state index in [2.05, 4.69) is 4.98 Å². The molecule has 1 heterocycles. The molecule has 6 heteroatoms. The average Bonchev–Trinajstić information content (AvgIpc) is 2.45. The highest BCUT2D eigenvalue weighted by atomic mass is 32.2. The summed E-state index contributed by atoms with van der Waals surface area (Å²) < 4.78 is 24.5. The second kappa shape index (κ2) is 4.00. The summed E-state index contributed by atoms with van der Waals surface area (Å²) in [5.41, 5.74) is 5.49. The van der Waals surface area contributed by atoms with Crippen LogP contribution >= 0.6 is 0 Å². The minimum atomic E-state index is -3.03. The van der Waals surface area contributed by atoms with Gasteiger partial charge in [-0.1, -0.05) is 6.92 Å². The average molecular weight is 217 g/mol. The molecule has 0 aromatic carbocycles. The molecule has 0 saturated heterocycles. The van der Waals surface area contributed by atoms with Gasteiger partial charge in [-0.2, -0.15) is 0 Å². The van der Waals surface area contributed by atoms with Crippen LogP contribution in [-0.4, -0.2) is 23.7 Å². The van der Waals surface area contributed by atoms with Crippen molar-refractivity contribution in [1.29, 1.82) is 0 Å². The summed E-state index contributed by atoms with van der Waals surface area (Å²) >= 11 is 0. The monoisotopic (exact) mass is 217 g/mol. The van der Waals surface area contributed by atoms with E-state index in [9.17, 15) is 8.42 Å². The second-order valence-electron chi connectivity index (χ2n) is 3.04. The zero-order valence-electron chi connectivity index (χ0n) is 8.40. The van der Waals surface area contributed by atoms with E-state index in [1.165, 1.54) is 0 Å². The molecule has 0 bridgehead atoms. The first-order chi connectivity index (χ1) is 6.48. The highest BCUT2D eigenvalue weighted by Crippen LogP contribution is 2.09. The first kappa shape index (κ1) is 11.0. The summed E-state index contributed by atoms with van der Waals surface area (Å²) in [6.45, 7) is 4.22. The predicted molar refractivity (Wildman–Crippen MR) is 55.5 cm³/mol. The summed E-state index contributed by atoms with van der Waals surface area (Å²) in [7, 11) is -3.03. The highest BCUT2D eigenvalue weighted by molar-refractivity contribution is 7.90. The molecule has 0 saturated carbocycles. The zero-order valence-corrected chi connectivity index (χ0v) is 9.21. The van der Waals surface area contributed by atoms with Crippen molar-refractivity contribution in [1.82, 2.24) is 9.55 Å². The predicted octanol–water partition coefficient (Wildman–Crippen LogP) is 0.420. The minimum Gasteiger partial charge on any atom is -0.382 e. The summed E-state index contributed by atoms with van der Waals surface area (Å²) in [6, 6.07) is 0. The van der Waals surface area contributed by atoms with Crippen molar-refractivity contribution < 1.29 is 8.42 Å². The number of nitrogen functional groups attached to an aromatic ring is 1. The van der Waals surface area contributed by atoms with E-state index < -0.39 is 9.84 Å². The second-order valence-corrected chi connectivity index (χ2v) is 5.40. The van der Waals surface area contributed by atoms with Gasteiger partial charge >= 0.3 is 0 Å². The van der Waals surface area contributed by atoms with Gasteiger partial charge in [0.05, 0.1) is 0 Å². The lowest BCUT2D eigenvalue weighted by molar-refractivity contribution is 0.592. The lowest BCUT2D eigenvalue weighted by atomic mass is 10.6. The molecule has 0 fully saturated rings. The van der Waals surface area contributed by atoms with Crippen LogP contribution in [0.1, 0.15) is 19.7 Å². The Morgan fingerprint density at radius 1 is 1.50 bits per heavy atom. The molecule has 0 atom stereocenters. The van der Waals surface area contributed by atoms with E-state index in [1.54, 1.807) is 17.7 Å². The van der Waals surface area contributed by atoms with Crippen molar-refractivity contribution in [3.8, 4) is 0 Å². The van der Waals surface area contributed by atoms with Gasteiger partial charge in [0.2, 0.25) is 0 Å². The molecule has 1 aromatic heterocycles. The molecule has 1 rings (SSSR count). The number of nitrogens with zero attached hydrogens (tertiary/aromatic N) is 2. The van der Waals surface area contributed by atoms with Gasteiger partial charge in [-0.15, -0.1) is 0 Å². The van der Waals surface area contributed by atoms with E-state index in [0.29, 0.717) is 18.2 Å². The number of aromatic nitrogens is 2. The maximum absolute atomic E-state index is 11.4. The normalized spacial score (nSPS) is 11.9. The molecule has 80 valence electrons. The third-order valence-electron chi connectivity index (χ3n) is 2.01. The van der Waals surface area contributed by atoms with E-state index in [-0.39, 0.29) is 11.5 Å². The van der Waals surface area contributed by atoms with Crippen LogP contribution in [0.5, 0.6) is 0 Å². The lowest BCUT2D eigenvalue weighted by Gasteiger charge is -2.03. The Kier molecular flexibility index (Phi) is 3.15. The van der Waals surface area contributed by atoms with Crippen molar-refractivity contribution in [3.63, 3.8) is 0 Å². The molecule has 0 radical (unpaired) electrons. The first-order valence-electron chi connectivity index (χ1n) is 4.50. The van der Waals surface area contributed by atoms with Crippen molar-refractivity contribution in [2.75, 3.05) is 11.5 Å². The van der Waals surface area contributed by atoms with Crippen LogP contribution in [0.15, 0.2) is 6.20 Å². The summed E-state index contributed by atoms with van der Waals surface area (Å²) in [5, 5.41) is 0. The molecule has 0 aliphatic rings. The Balaban J connectivity index is 2.96. The molecule has 0 aliphatic carbocycles. The number of rotatable bonds is 4. The number of hydrogen-bond acceptors (Lipinski definition) is 4. The minimum absolute atomic E-state index is 0.0332. The lowest BCUT2D eigenvalue weighted by Crippen LogP contribution is -2.11. The van der Waals surface area contributed by atoms with E-state index in [4.69, 9.17) is 5.73 Å². The smallest absolute Gasteiger partial charge is 0.157 e. The van der Waals surface area contributed by atoms with Crippen molar-refractivity contribution in [3.05, 3.63) is 12.0 Å². The number of aryl methyl sites for hydroxylation is 1. The van der Waals surface area contributed by atoms with Crippen LogP contribution < -0.4 is 5.73 Å². The number of anilines is 1. The van der Waals surface area contributed by atoms with Gasteiger partial charge in [-0.25, -0.2) is 13.4 Å². The maximum Gasteiger partial charge on any atom is 0.157 e. The van der Waals surface area contributed by atoms with Crippen LogP contribution in [0.3, 0.4) is 0 Å². The molecule has 0 unspecified atom stereocenters. The van der Waals surface area contributed by atoms with Crippen LogP contribution in [0.4, 0.5) is 5.82 Å². The van der Waals surface area contributed by atoms with E-state index >= 15 is 0 Å². The SMILES string of the molecule is CCn1cc(N)nc1CS(=O)(=O)CC. The van der Waals surface area contributed by atoms with Gasteiger partial charge in [-0.3, -0.25) is 0 Å². The number of hydrogen-bond donors (Lipinski definition) is 1. The topological polar surface area (TPSA) is 78.0 Å². The fourth-order valence-electron chi connectivity index (χ4n) is 1.16. The summed E-state index contributed by atoms with van der Waals surface area (Å²) in [6.07, 6.45) is 1.65. The molecule has 0 spiro atoms. The van der Waals surface area contributed by atoms with Gasteiger partial charge in [0.25, 0.3) is 0 Å². The summed E-state index contributed by atoms with van der Waals surface area (Å²) in [4.78, 5) is 3.98. The van der Waals surface area contributed by atoms with E-state index in [1.807, 2.05) is 6.92 Å². The fraction of sp³-hybridized carbons (Fsp3) is 0.625. The standard InChI is InChI=1S/C8H15N3O2S/c1-3-11-5-7(9)10-8(11)6-14(12,13)4-2/h5H,3-4,6,9H2,1-2H3. The van der Waals surface area contributed by atoms with Crippen LogP contribution in [0, 0.1) is 0 Å². The quantitative estimate of drug-likeness (QED) is 0.792. The highest BCUT2D eigenvalue weighted by Gasteiger charge is 2.14. The summed E-state index contributed by atoms with van der Waals surface area (Å²) in [5.74, 6) is 0.984. The number of imidazole rings is 1. The molecule has 0 amide bonds. The Hall–Kier alpha value is -1.04. The Morgan fingerprint density at radius 2 is 2.14 bits per heavy atom. The van der Waals surface area contributed by atoms with Crippen molar-refractivity contribution >= 4 is 15.7 Å². The van der Waals surface area contributed by atoms with E-state index in [0.717, 1.165) is 0 Å². The van der Waals surface area contributed by atoms with Gasteiger partial charge in [0, 0.05) is 18.5 Å². The number of sulfone groups is 1. The van der Waals surface area contributed by atoms with Crippen molar-refractivity contribution in [2.24, 2.45) is 0 Å².